The second-order valence-corrected chi connectivity index (χ2v) is 7.78. The lowest BCUT2D eigenvalue weighted by Crippen LogP contribution is -2.22. The number of pyridine rings is 2. The fraction of sp³-hybridized carbons (Fsp3) is 0.136. The fourth-order valence-electron chi connectivity index (χ4n) is 3.04. The number of carbonyl (C=O) groups is 1. The van der Waals surface area contributed by atoms with Gasteiger partial charge in [0.05, 0.1) is 5.69 Å². The number of amides is 1. The number of carbonyl (C=O) groups excluding carboxylic acids is 1. The summed E-state index contributed by atoms with van der Waals surface area (Å²) in [6.45, 7) is 4.24. The summed E-state index contributed by atoms with van der Waals surface area (Å²) < 4.78 is 13.4. The molecule has 0 saturated carbocycles. The molecule has 1 aromatic carbocycles. The highest BCUT2D eigenvalue weighted by molar-refractivity contribution is 7.16. The molecule has 4 aromatic rings. The van der Waals surface area contributed by atoms with Gasteiger partial charge in [0.15, 0.2) is 0 Å². The van der Waals surface area contributed by atoms with E-state index in [2.05, 4.69) is 25.5 Å². The van der Waals surface area contributed by atoms with Gasteiger partial charge in [-0.05, 0) is 49.2 Å². The van der Waals surface area contributed by atoms with Crippen LogP contribution in [0.5, 0.6) is 0 Å². The Kier molecular flexibility index (Phi) is 5.58. The van der Waals surface area contributed by atoms with Gasteiger partial charge in [-0.25, -0.2) is 4.39 Å². The van der Waals surface area contributed by atoms with Crippen molar-refractivity contribution in [3.05, 3.63) is 82.5 Å². The summed E-state index contributed by atoms with van der Waals surface area (Å²) in [6, 6.07) is 12.0. The molecular formula is C22H18FN5OS. The van der Waals surface area contributed by atoms with Crippen LogP contribution >= 0.6 is 11.3 Å². The van der Waals surface area contributed by atoms with Gasteiger partial charge in [0.25, 0.3) is 5.91 Å². The lowest BCUT2D eigenvalue weighted by Gasteiger charge is -2.09. The maximum absolute atomic E-state index is 13.4. The third kappa shape index (κ3) is 4.38. The first-order chi connectivity index (χ1) is 14.5. The summed E-state index contributed by atoms with van der Waals surface area (Å²) in [7, 11) is 0. The van der Waals surface area contributed by atoms with Gasteiger partial charge in [0.1, 0.15) is 10.8 Å². The van der Waals surface area contributed by atoms with Crippen molar-refractivity contribution >= 4 is 17.2 Å². The SMILES string of the molecule is Cc1cc(-c2ncc(CNC(=O)c3nnc(-c4cccc(F)c4)s3)cc2C)ccn1. The van der Waals surface area contributed by atoms with Gasteiger partial charge in [0.2, 0.25) is 5.01 Å². The first-order valence-electron chi connectivity index (χ1n) is 9.26. The summed E-state index contributed by atoms with van der Waals surface area (Å²) in [4.78, 5) is 21.2. The Morgan fingerprint density at radius 1 is 1.07 bits per heavy atom. The van der Waals surface area contributed by atoms with Crippen molar-refractivity contribution in [1.82, 2.24) is 25.5 Å². The standard InChI is InChI=1S/C22H18FN5OS/c1-13-8-15(11-25-19(13)16-6-7-24-14(2)9-16)12-26-20(29)22-28-27-21(30-22)17-4-3-5-18(23)10-17/h3-11H,12H2,1-2H3,(H,26,29). The Labute approximate surface area is 176 Å². The molecule has 0 radical (unpaired) electrons. The number of rotatable bonds is 5. The van der Waals surface area contributed by atoms with E-state index in [-0.39, 0.29) is 16.7 Å². The highest BCUT2D eigenvalue weighted by atomic mass is 32.1. The normalized spacial score (nSPS) is 10.8. The van der Waals surface area contributed by atoms with Gasteiger partial charge < -0.3 is 5.32 Å². The van der Waals surface area contributed by atoms with E-state index in [0.29, 0.717) is 17.1 Å². The number of halogens is 1. The van der Waals surface area contributed by atoms with Gasteiger partial charge in [-0.15, -0.1) is 10.2 Å². The van der Waals surface area contributed by atoms with Crippen molar-refractivity contribution in [2.75, 3.05) is 0 Å². The average molecular weight is 419 g/mol. The Morgan fingerprint density at radius 2 is 1.93 bits per heavy atom. The molecule has 8 heteroatoms. The molecule has 0 bridgehead atoms. The van der Waals surface area contributed by atoms with Gasteiger partial charge in [-0.3, -0.25) is 14.8 Å². The van der Waals surface area contributed by atoms with E-state index >= 15 is 0 Å². The van der Waals surface area contributed by atoms with Crippen LogP contribution in [-0.2, 0) is 6.54 Å². The van der Waals surface area contributed by atoms with E-state index in [9.17, 15) is 9.18 Å². The maximum atomic E-state index is 13.4. The molecule has 0 aliphatic carbocycles. The molecule has 6 nitrogen and oxygen atoms in total. The van der Waals surface area contributed by atoms with Crippen molar-refractivity contribution < 1.29 is 9.18 Å². The molecule has 0 aliphatic rings. The smallest absolute Gasteiger partial charge is 0.282 e. The molecule has 0 saturated heterocycles. The van der Waals surface area contributed by atoms with E-state index in [1.54, 1.807) is 24.5 Å². The van der Waals surface area contributed by atoms with Crippen molar-refractivity contribution in [2.24, 2.45) is 0 Å². The lowest BCUT2D eigenvalue weighted by molar-refractivity contribution is 0.0949. The van der Waals surface area contributed by atoms with Crippen molar-refractivity contribution in [2.45, 2.75) is 20.4 Å². The molecule has 1 N–H and O–H groups in total. The average Bonchev–Trinajstić information content (AvgIpc) is 3.22. The Balaban J connectivity index is 1.44. The molecule has 150 valence electrons. The molecule has 4 rings (SSSR count). The van der Waals surface area contributed by atoms with E-state index in [4.69, 9.17) is 0 Å². The van der Waals surface area contributed by atoms with Gasteiger partial charge in [0, 0.05) is 35.8 Å². The van der Waals surface area contributed by atoms with E-state index in [1.807, 2.05) is 32.0 Å². The van der Waals surface area contributed by atoms with Crippen LogP contribution in [0.4, 0.5) is 4.39 Å². The molecule has 3 heterocycles. The minimum absolute atomic E-state index is 0.225. The molecule has 1 amide bonds. The second kappa shape index (κ2) is 8.46. The first kappa shape index (κ1) is 19.8. The number of benzene rings is 1. The van der Waals surface area contributed by atoms with E-state index < -0.39 is 0 Å². The van der Waals surface area contributed by atoms with E-state index in [0.717, 1.165) is 39.4 Å². The number of aromatic nitrogens is 4. The van der Waals surface area contributed by atoms with Crippen LogP contribution in [0.2, 0.25) is 0 Å². The number of aryl methyl sites for hydroxylation is 2. The summed E-state index contributed by atoms with van der Waals surface area (Å²) in [5.74, 6) is -0.691. The van der Waals surface area contributed by atoms with Crippen LogP contribution < -0.4 is 5.32 Å². The molecule has 0 aliphatic heterocycles. The maximum Gasteiger partial charge on any atom is 0.282 e. The van der Waals surface area contributed by atoms with Crippen LogP contribution in [0.15, 0.2) is 54.9 Å². The van der Waals surface area contributed by atoms with Crippen LogP contribution in [0, 0.1) is 19.7 Å². The number of nitrogens with zero attached hydrogens (tertiary/aromatic N) is 4. The van der Waals surface area contributed by atoms with Gasteiger partial charge in [-0.1, -0.05) is 29.5 Å². The minimum Gasteiger partial charge on any atom is -0.346 e. The van der Waals surface area contributed by atoms with Gasteiger partial charge >= 0.3 is 0 Å². The van der Waals surface area contributed by atoms with E-state index in [1.165, 1.54) is 12.1 Å². The number of hydrogen-bond donors (Lipinski definition) is 1. The Hall–Kier alpha value is -3.52. The second-order valence-electron chi connectivity index (χ2n) is 6.80. The Bertz CT molecular complexity index is 1220. The molecule has 3 aromatic heterocycles. The Morgan fingerprint density at radius 3 is 2.70 bits per heavy atom. The molecule has 0 atom stereocenters. The number of nitrogens with one attached hydrogen (secondary N) is 1. The highest BCUT2D eigenvalue weighted by Crippen LogP contribution is 2.24. The zero-order valence-electron chi connectivity index (χ0n) is 16.4. The zero-order chi connectivity index (χ0) is 21.1. The van der Waals surface area contributed by atoms with Crippen molar-refractivity contribution in [3.8, 4) is 21.8 Å². The highest BCUT2D eigenvalue weighted by Gasteiger charge is 2.14. The summed E-state index contributed by atoms with van der Waals surface area (Å²) in [5.41, 5.74) is 5.31. The van der Waals surface area contributed by atoms with Crippen LogP contribution in [-0.4, -0.2) is 26.1 Å². The topological polar surface area (TPSA) is 80.7 Å². The lowest BCUT2D eigenvalue weighted by atomic mass is 10.1. The molecule has 30 heavy (non-hydrogen) atoms. The zero-order valence-corrected chi connectivity index (χ0v) is 17.2. The largest absolute Gasteiger partial charge is 0.346 e. The van der Waals surface area contributed by atoms with Crippen LogP contribution in [0.1, 0.15) is 26.6 Å². The summed E-state index contributed by atoms with van der Waals surface area (Å²) in [5, 5.41) is 11.5. The molecular weight excluding hydrogens is 401 g/mol. The molecule has 0 fully saturated rings. The predicted octanol–water partition coefficient (Wildman–Crippen LogP) is 4.35. The quantitative estimate of drug-likeness (QED) is 0.520. The predicted molar refractivity (Wildman–Crippen MR) is 113 cm³/mol. The van der Waals surface area contributed by atoms with Gasteiger partial charge in [-0.2, -0.15) is 0 Å². The van der Waals surface area contributed by atoms with Crippen LogP contribution in [0.25, 0.3) is 21.8 Å². The molecule has 0 spiro atoms. The summed E-state index contributed by atoms with van der Waals surface area (Å²) in [6.07, 6.45) is 3.51. The van der Waals surface area contributed by atoms with Crippen molar-refractivity contribution in [1.29, 1.82) is 0 Å². The molecule has 0 unspecified atom stereocenters. The number of hydrogen-bond acceptors (Lipinski definition) is 6. The third-order valence-corrected chi connectivity index (χ3v) is 5.42. The summed E-state index contributed by atoms with van der Waals surface area (Å²) >= 11 is 1.12. The fourth-order valence-corrected chi connectivity index (χ4v) is 3.79. The minimum atomic E-state index is -0.359. The third-order valence-electron chi connectivity index (χ3n) is 4.45. The monoisotopic (exact) mass is 419 g/mol. The van der Waals surface area contributed by atoms with Crippen molar-refractivity contribution in [3.63, 3.8) is 0 Å². The van der Waals surface area contributed by atoms with Crippen LogP contribution in [0.3, 0.4) is 0 Å². The first-order valence-corrected chi connectivity index (χ1v) is 10.1.